The first-order valence-corrected chi connectivity index (χ1v) is 7.02. The van der Waals surface area contributed by atoms with E-state index >= 15 is 0 Å². The monoisotopic (exact) mass is 370 g/mol. The molecule has 2 aromatic rings. The summed E-state index contributed by atoms with van der Waals surface area (Å²) in [6.45, 7) is 1.96. The van der Waals surface area contributed by atoms with Crippen LogP contribution in [0.15, 0.2) is 45.3 Å². The maximum atomic E-state index is 9.32. The highest BCUT2D eigenvalue weighted by atomic mass is 79.9. The van der Waals surface area contributed by atoms with E-state index in [2.05, 4.69) is 31.9 Å². The molecule has 0 aliphatic carbocycles. The molecule has 0 unspecified atom stereocenters. The van der Waals surface area contributed by atoms with Crippen LogP contribution >= 0.6 is 31.9 Å². The highest BCUT2D eigenvalue weighted by Crippen LogP contribution is 2.33. The van der Waals surface area contributed by atoms with Crippen molar-refractivity contribution >= 4 is 31.9 Å². The van der Waals surface area contributed by atoms with Crippen LogP contribution in [0.4, 0.5) is 0 Å². The van der Waals surface area contributed by atoms with Gasteiger partial charge in [0.25, 0.3) is 0 Å². The Morgan fingerprint density at radius 1 is 1.06 bits per heavy atom. The van der Waals surface area contributed by atoms with Crippen LogP contribution in [-0.2, 0) is 6.61 Å². The lowest BCUT2D eigenvalue weighted by atomic mass is 10.2. The molecular formula is C14H12Br2O2. The Kier molecular flexibility index (Phi) is 4.43. The van der Waals surface area contributed by atoms with E-state index in [4.69, 9.17) is 4.74 Å². The molecule has 94 valence electrons. The Labute approximate surface area is 123 Å². The van der Waals surface area contributed by atoms with Crippen LogP contribution < -0.4 is 4.74 Å². The van der Waals surface area contributed by atoms with Gasteiger partial charge in [0, 0.05) is 10.0 Å². The smallest absolute Gasteiger partial charge is 0.141 e. The largest absolute Gasteiger partial charge is 0.456 e. The van der Waals surface area contributed by atoms with Crippen molar-refractivity contribution in [2.24, 2.45) is 0 Å². The van der Waals surface area contributed by atoms with Gasteiger partial charge in [0.15, 0.2) is 0 Å². The molecule has 18 heavy (non-hydrogen) atoms. The normalized spacial score (nSPS) is 10.4. The number of ether oxygens (including phenoxy) is 1. The summed E-state index contributed by atoms with van der Waals surface area (Å²) in [5, 5.41) is 9.32. The van der Waals surface area contributed by atoms with E-state index in [0.717, 1.165) is 25.8 Å². The van der Waals surface area contributed by atoms with Crippen LogP contribution in [0.5, 0.6) is 11.5 Å². The molecule has 0 radical (unpaired) electrons. The van der Waals surface area contributed by atoms with E-state index in [9.17, 15) is 5.11 Å². The van der Waals surface area contributed by atoms with Gasteiger partial charge in [-0.3, -0.25) is 0 Å². The number of benzene rings is 2. The van der Waals surface area contributed by atoms with E-state index in [1.54, 1.807) is 0 Å². The van der Waals surface area contributed by atoms with E-state index < -0.39 is 0 Å². The van der Waals surface area contributed by atoms with Crippen LogP contribution in [-0.4, -0.2) is 5.11 Å². The summed E-state index contributed by atoms with van der Waals surface area (Å²) >= 11 is 6.84. The van der Waals surface area contributed by atoms with Gasteiger partial charge in [-0.1, -0.05) is 22.0 Å². The lowest BCUT2D eigenvalue weighted by Crippen LogP contribution is -1.92. The molecule has 0 bridgehead atoms. The summed E-state index contributed by atoms with van der Waals surface area (Å²) in [4.78, 5) is 0. The van der Waals surface area contributed by atoms with Crippen molar-refractivity contribution in [3.8, 4) is 11.5 Å². The second kappa shape index (κ2) is 5.87. The third kappa shape index (κ3) is 3.13. The van der Waals surface area contributed by atoms with Crippen molar-refractivity contribution < 1.29 is 9.84 Å². The molecule has 0 aromatic heterocycles. The van der Waals surface area contributed by atoms with Gasteiger partial charge in [-0.05, 0) is 58.7 Å². The number of hydrogen-bond donors (Lipinski definition) is 1. The van der Waals surface area contributed by atoms with E-state index in [1.807, 2.05) is 43.3 Å². The molecule has 0 aliphatic rings. The summed E-state index contributed by atoms with van der Waals surface area (Å²) in [6.07, 6.45) is 0. The Balaban J connectivity index is 2.33. The highest BCUT2D eigenvalue weighted by Gasteiger charge is 2.07. The molecule has 4 heteroatoms. The Morgan fingerprint density at radius 2 is 1.78 bits per heavy atom. The molecule has 0 aliphatic heterocycles. The van der Waals surface area contributed by atoms with Crippen LogP contribution in [0.3, 0.4) is 0 Å². The minimum Gasteiger partial charge on any atom is -0.456 e. The molecule has 2 aromatic carbocycles. The lowest BCUT2D eigenvalue weighted by Gasteiger charge is -2.12. The van der Waals surface area contributed by atoms with Crippen molar-refractivity contribution in [3.63, 3.8) is 0 Å². The van der Waals surface area contributed by atoms with Crippen molar-refractivity contribution in [3.05, 3.63) is 56.5 Å². The molecule has 0 atom stereocenters. The first-order valence-electron chi connectivity index (χ1n) is 5.43. The van der Waals surface area contributed by atoms with Crippen LogP contribution in [0.1, 0.15) is 11.1 Å². The fraction of sp³-hybridized carbons (Fsp3) is 0.143. The van der Waals surface area contributed by atoms with Gasteiger partial charge in [-0.2, -0.15) is 0 Å². The Bertz CT molecular complexity index is 568. The molecule has 0 fully saturated rings. The predicted molar refractivity (Wildman–Crippen MR) is 79.0 cm³/mol. The standard InChI is InChI=1S/C14H12Br2O2/c1-9-2-4-14(12(16)6-9)18-13-5-3-11(15)7-10(13)8-17/h2-7,17H,8H2,1H3. The van der Waals surface area contributed by atoms with Crippen molar-refractivity contribution in [2.45, 2.75) is 13.5 Å². The number of rotatable bonds is 3. The number of aliphatic hydroxyl groups excluding tert-OH is 1. The summed E-state index contributed by atoms with van der Waals surface area (Å²) < 4.78 is 7.63. The van der Waals surface area contributed by atoms with Gasteiger partial charge in [0.05, 0.1) is 11.1 Å². The Hall–Kier alpha value is -0.840. The molecule has 0 amide bonds. The first-order chi connectivity index (χ1) is 8.60. The number of aryl methyl sites for hydroxylation is 1. The molecule has 1 N–H and O–H groups in total. The summed E-state index contributed by atoms with van der Waals surface area (Å²) in [5.41, 5.74) is 1.91. The first kappa shape index (κ1) is 13.6. The average molecular weight is 372 g/mol. The van der Waals surface area contributed by atoms with Crippen LogP contribution in [0.2, 0.25) is 0 Å². The third-order valence-electron chi connectivity index (χ3n) is 2.50. The van der Waals surface area contributed by atoms with Gasteiger partial charge in [0.2, 0.25) is 0 Å². The van der Waals surface area contributed by atoms with E-state index in [0.29, 0.717) is 5.75 Å². The van der Waals surface area contributed by atoms with Crippen molar-refractivity contribution in [2.75, 3.05) is 0 Å². The fourth-order valence-corrected chi connectivity index (χ4v) is 2.56. The second-order valence-electron chi connectivity index (χ2n) is 3.95. The summed E-state index contributed by atoms with van der Waals surface area (Å²) in [6, 6.07) is 11.4. The van der Waals surface area contributed by atoms with Gasteiger partial charge < -0.3 is 9.84 Å². The summed E-state index contributed by atoms with van der Waals surface area (Å²) in [5.74, 6) is 1.39. The molecular weight excluding hydrogens is 360 g/mol. The maximum Gasteiger partial charge on any atom is 0.141 e. The maximum absolute atomic E-state index is 9.32. The summed E-state index contributed by atoms with van der Waals surface area (Å²) in [7, 11) is 0. The zero-order valence-electron chi connectivity index (χ0n) is 9.78. The third-order valence-corrected chi connectivity index (χ3v) is 3.61. The molecule has 2 nitrogen and oxygen atoms in total. The topological polar surface area (TPSA) is 29.5 Å². The fourth-order valence-electron chi connectivity index (χ4n) is 1.58. The van der Waals surface area contributed by atoms with Crippen molar-refractivity contribution in [1.29, 1.82) is 0 Å². The second-order valence-corrected chi connectivity index (χ2v) is 5.72. The van der Waals surface area contributed by atoms with Gasteiger partial charge in [-0.15, -0.1) is 0 Å². The van der Waals surface area contributed by atoms with Crippen LogP contribution in [0.25, 0.3) is 0 Å². The minimum atomic E-state index is -0.0573. The van der Waals surface area contributed by atoms with Crippen molar-refractivity contribution in [1.82, 2.24) is 0 Å². The molecule has 0 saturated carbocycles. The van der Waals surface area contributed by atoms with Crippen LogP contribution in [0, 0.1) is 6.92 Å². The molecule has 0 spiro atoms. The number of aliphatic hydroxyl groups is 1. The van der Waals surface area contributed by atoms with Gasteiger partial charge in [-0.25, -0.2) is 0 Å². The Morgan fingerprint density at radius 3 is 2.44 bits per heavy atom. The quantitative estimate of drug-likeness (QED) is 0.839. The number of halogens is 2. The molecule has 2 rings (SSSR count). The van der Waals surface area contributed by atoms with Gasteiger partial charge in [0.1, 0.15) is 11.5 Å². The molecule has 0 heterocycles. The zero-order chi connectivity index (χ0) is 13.1. The minimum absolute atomic E-state index is 0.0573. The average Bonchev–Trinajstić information content (AvgIpc) is 2.34. The van der Waals surface area contributed by atoms with Gasteiger partial charge >= 0.3 is 0 Å². The lowest BCUT2D eigenvalue weighted by molar-refractivity contribution is 0.276. The molecule has 0 saturated heterocycles. The van der Waals surface area contributed by atoms with E-state index in [1.165, 1.54) is 0 Å². The predicted octanol–water partition coefficient (Wildman–Crippen LogP) is 4.80. The highest BCUT2D eigenvalue weighted by molar-refractivity contribution is 9.10. The number of hydrogen-bond acceptors (Lipinski definition) is 2. The zero-order valence-corrected chi connectivity index (χ0v) is 13.0. The van der Waals surface area contributed by atoms with E-state index in [-0.39, 0.29) is 6.61 Å². The SMILES string of the molecule is Cc1ccc(Oc2ccc(Br)cc2CO)c(Br)c1.